The molecule has 0 saturated carbocycles. The number of aryl methyl sites for hydroxylation is 1. The Kier molecular flexibility index (Phi) is 4.65. The number of benzene rings is 1. The van der Waals surface area contributed by atoms with Crippen LogP contribution in [0.5, 0.6) is 5.75 Å². The first-order valence-corrected chi connectivity index (χ1v) is 9.15. The van der Waals surface area contributed by atoms with E-state index in [1.165, 1.54) is 0 Å². The van der Waals surface area contributed by atoms with E-state index in [1.807, 2.05) is 18.2 Å². The zero-order chi connectivity index (χ0) is 15.8. The van der Waals surface area contributed by atoms with Crippen LogP contribution in [0.3, 0.4) is 0 Å². The molecule has 0 aliphatic carbocycles. The lowest BCUT2D eigenvalue weighted by Gasteiger charge is -2.10. The van der Waals surface area contributed by atoms with Crippen LogP contribution in [0.15, 0.2) is 27.6 Å². The molecule has 1 aromatic heterocycles. The molecule has 0 atom stereocenters. The maximum absolute atomic E-state index is 11.6. The summed E-state index contributed by atoms with van der Waals surface area (Å²) in [7, 11) is 3.23. The predicted octanol–water partition coefficient (Wildman–Crippen LogP) is 3.25. The van der Waals surface area contributed by atoms with E-state index in [0.29, 0.717) is 23.7 Å². The fourth-order valence-corrected chi connectivity index (χ4v) is 4.15. The lowest BCUT2D eigenvalue weighted by atomic mass is 10.2. The quantitative estimate of drug-likeness (QED) is 0.748. The van der Waals surface area contributed by atoms with Crippen molar-refractivity contribution in [3.05, 3.63) is 39.6 Å². The van der Waals surface area contributed by atoms with Crippen molar-refractivity contribution in [3.63, 3.8) is 0 Å². The number of halogens is 2. The highest BCUT2D eigenvalue weighted by molar-refractivity contribution is 9.10. The maximum Gasteiger partial charge on any atom is 0.264 e. The third-order valence-corrected chi connectivity index (χ3v) is 5.16. The number of rotatable bonds is 4. The van der Waals surface area contributed by atoms with Gasteiger partial charge in [-0.3, -0.25) is 4.68 Å². The van der Waals surface area contributed by atoms with E-state index in [2.05, 4.69) is 21.0 Å². The Hall–Kier alpha value is -1.05. The standard InChI is InChI=1S/C13H14BrClN2O3S/c1-8-13(21(15,18)19)9(2)17(16-8)7-10-6-11(14)4-5-12(10)20-3/h4-6H,7H2,1-3H3. The lowest BCUT2D eigenvalue weighted by Crippen LogP contribution is -2.06. The molecule has 0 saturated heterocycles. The molecule has 0 unspecified atom stereocenters. The highest BCUT2D eigenvalue weighted by Crippen LogP contribution is 2.27. The van der Waals surface area contributed by atoms with Crippen LogP contribution in [0.4, 0.5) is 0 Å². The summed E-state index contributed by atoms with van der Waals surface area (Å²) in [6.45, 7) is 3.69. The topological polar surface area (TPSA) is 61.2 Å². The van der Waals surface area contributed by atoms with Gasteiger partial charge in [0, 0.05) is 20.7 Å². The number of methoxy groups -OCH3 is 1. The van der Waals surface area contributed by atoms with Gasteiger partial charge in [-0.25, -0.2) is 8.42 Å². The van der Waals surface area contributed by atoms with Crippen molar-refractivity contribution in [3.8, 4) is 5.75 Å². The van der Waals surface area contributed by atoms with Crippen LogP contribution in [0.1, 0.15) is 17.0 Å². The molecule has 0 N–H and O–H groups in total. The van der Waals surface area contributed by atoms with Crippen molar-refractivity contribution in [2.75, 3.05) is 7.11 Å². The van der Waals surface area contributed by atoms with Gasteiger partial charge in [-0.2, -0.15) is 5.10 Å². The number of nitrogens with zero attached hydrogens (tertiary/aromatic N) is 2. The first-order chi connectivity index (χ1) is 9.74. The molecule has 5 nitrogen and oxygen atoms in total. The third-order valence-electron chi connectivity index (χ3n) is 3.12. The largest absolute Gasteiger partial charge is 0.496 e. The molecule has 0 spiro atoms. The fraction of sp³-hybridized carbons (Fsp3) is 0.308. The van der Waals surface area contributed by atoms with Crippen molar-refractivity contribution in [2.24, 2.45) is 0 Å². The second kappa shape index (κ2) is 5.98. The van der Waals surface area contributed by atoms with Crippen molar-refractivity contribution in [1.82, 2.24) is 9.78 Å². The Morgan fingerprint density at radius 3 is 2.57 bits per heavy atom. The Morgan fingerprint density at radius 2 is 2.05 bits per heavy atom. The average molecular weight is 394 g/mol. The van der Waals surface area contributed by atoms with Crippen LogP contribution in [0, 0.1) is 13.8 Å². The first kappa shape index (κ1) is 16.3. The molecule has 0 amide bonds. The molecule has 2 rings (SSSR count). The van der Waals surface area contributed by atoms with Gasteiger partial charge in [0.1, 0.15) is 10.6 Å². The Labute approximate surface area is 136 Å². The van der Waals surface area contributed by atoms with Gasteiger partial charge in [-0.1, -0.05) is 15.9 Å². The molecule has 0 aliphatic rings. The summed E-state index contributed by atoms with van der Waals surface area (Å²) in [5.74, 6) is 0.709. The van der Waals surface area contributed by atoms with Crippen LogP contribution in [0.2, 0.25) is 0 Å². The van der Waals surface area contributed by atoms with Gasteiger partial charge >= 0.3 is 0 Å². The molecule has 0 radical (unpaired) electrons. The summed E-state index contributed by atoms with van der Waals surface area (Å²) in [5, 5.41) is 4.26. The highest BCUT2D eigenvalue weighted by atomic mass is 79.9. The molecule has 114 valence electrons. The van der Waals surface area contributed by atoms with E-state index in [9.17, 15) is 8.42 Å². The SMILES string of the molecule is COc1ccc(Br)cc1Cn1nc(C)c(S(=O)(=O)Cl)c1C. The van der Waals surface area contributed by atoms with Crippen molar-refractivity contribution in [1.29, 1.82) is 0 Å². The zero-order valence-corrected chi connectivity index (χ0v) is 14.9. The van der Waals surface area contributed by atoms with Crippen LogP contribution < -0.4 is 4.74 Å². The van der Waals surface area contributed by atoms with Crippen molar-refractivity contribution < 1.29 is 13.2 Å². The maximum atomic E-state index is 11.6. The molecule has 8 heteroatoms. The molecule has 0 bridgehead atoms. The van der Waals surface area contributed by atoms with E-state index in [-0.39, 0.29) is 4.90 Å². The van der Waals surface area contributed by atoms with E-state index in [4.69, 9.17) is 15.4 Å². The summed E-state index contributed by atoms with van der Waals surface area (Å²) in [6, 6.07) is 5.62. The van der Waals surface area contributed by atoms with Crippen LogP contribution in [0.25, 0.3) is 0 Å². The minimum absolute atomic E-state index is 0.0677. The highest BCUT2D eigenvalue weighted by Gasteiger charge is 2.22. The number of hydrogen-bond donors (Lipinski definition) is 0. The first-order valence-electron chi connectivity index (χ1n) is 6.05. The number of ether oxygens (including phenoxy) is 1. The summed E-state index contributed by atoms with van der Waals surface area (Å²) in [6.07, 6.45) is 0. The van der Waals surface area contributed by atoms with Crippen LogP contribution in [-0.4, -0.2) is 25.3 Å². The Bertz CT molecular complexity index is 787. The smallest absolute Gasteiger partial charge is 0.264 e. The lowest BCUT2D eigenvalue weighted by molar-refractivity contribution is 0.407. The molecule has 1 aromatic carbocycles. The van der Waals surface area contributed by atoms with E-state index >= 15 is 0 Å². The van der Waals surface area contributed by atoms with Gasteiger partial charge in [0.25, 0.3) is 9.05 Å². The summed E-state index contributed by atoms with van der Waals surface area (Å²) in [4.78, 5) is 0.0677. The summed E-state index contributed by atoms with van der Waals surface area (Å²) in [5.41, 5.74) is 1.77. The molecular weight excluding hydrogens is 380 g/mol. The summed E-state index contributed by atoms with van der Waals surface area (Å²) >= 11 is 3.41. The predicted molar refractivity (Wildman–Crippen MR) is 84.5 cm³/mol. The molecular formula is C13H14BrClN2O3S. The monoisotopic (exact) mass is 392 g/mol. The fourth-order valence-electron chi connectivity index (χ4n) is 2.22. The molecule has 21 heavy (non-hydrogen) atoms. The van der Waals surface area contributed by atoms with Crippen LogP contribution >= 0.6 is 26.6 Å². The van der Waals surface area contributed by atoms with Gasteiger partial charge in [0.15, 0.2) is 0 Å². The van der Waals surface area contributed by atoms with Gasteiger partial charge in [0.05, 0.1) is 25.0 Å². The molecule has 2 aromatic rings. The third kappa shape index (κ3) is 3.41. The van der Waals surface area contributed by atoms with E-state index < -0.39 is 9.05 Å². The van der Waals surface area contributed by atoms with Crippen LogP contribution in [-0.2, 0) is 15.6 Å². The molecule has 0 aliphatic heterocycles. The second-order valence-corrected chi connectivity index (χ2v) is 7.97. The van der Waals surface area contributed by atoms with Crippen molar-refractivity contribution >= 4 is 35.7 Å². The number of hydrogen-bond acceptors (Lipinski definition) is 4. The van der Waals surface area contributed by atoms with Gasteiger partial charge < -0.3 is 4.74 Å². The Morgan fingerprint density at radius 1 is 1.38 bits per heavy atom. The Balaban J connectivity index is 2.49. The normalized spacial score (nSPS) is 11.7. The van der Waals surface area contributed by atoms with E-state index in [0.717, 1.165) is 10.0 Å². The van der Waals surface area contributed by atoms with Gasteiger partial charge in [-0.15, -0.1) is 0 Å². The summed E-state index contributed by atoms with van der Waals surface area (Å²) < 4.78 is 31.0. The minimum Gasteiger partial charge on any atom is -0.496 e. The zero-order valence-electron chi connectivity index (χ0n) is 11.7. The minimum atomic E-state index is -3.81. The van der Waals surface area contributed by atoms with Gasteiger partial charge in [0.2, 0.25) is 0 Å². The molecule has 0 fully saturated rings. The van der Waals surface area contributed by atoms with Crippen molar-refractivity contribution in [2.45, 2.75) is 25.3 Å². The van der Waals surface area contributed by atoms with Gasteiger partial charge in [-0.05, 0) is 32.0 Å². The van der Waals surface area contributed by atoms with E-state index in [1.54, 1.807) is 25.6 Å². The number of aromatic nitrogens is 2. The molecule has 1 heterocycles. The second-order valence-electron chi connectivity index (χ2n) is 4.55. The average Bonchev–Trinajstić information content (AvgIpc) is 2.64.